The summed E-state index contributed by atoms with van der Waals surface area (Å²) in [7, 11) is 0. The summed E-state index contributed by atoms with van der Waals surface area (Å²) in [6.45, 7) is 1.36. The smallest absolute Gasteiger partial charge is 0.291 e. The summed E-state index contributed by atoms with van der Waals surface area (Å²) in [5, 5.41) is 7.46. The van der Waals surface area contributed by atoms with Crippen LogP contribution in [0.5, 0.6) is 0 Å². The van der Waals surface area contributed by atoms with Crippen LogP contribution >= 0.6 is 15.9 Å². The van der Waals surface area contributed by atoms with Gasteiger partial charge in [0, 0.05) is 13.1 Å². The second-order valence-corrected chi connectivity index (χ2v) is 6.35. The zero-order valence-corrected chi connectivity index (χ0v) is 13.3. The molecule has 0 aliphatic heterocycles. The summed E-state index contributed by atoms with van der Waals surface area (Å²) >= 11 is 3.41. The molecule has 0 unspecified atom stereocenters. The van der Waals surface area contributed by atoms with Crippen LogP contribution in [0, 0.1) is 5.92 Å². The van der Waals surface area contributed by atoms with E-state index in [0.29, 0.717) is 22.6 Å². The van der Waals surface area contributed by atoms with Crippen LogP contribution in [0.25, 0.3) is 0 Å². The third-order valence-electron chi connectivity index (χ3n) is 3.97. The van der Waals surface area contributed by atoms with Crippen LogP contribution in [0.15, 0.2) is 45.8 Å². The zero-order chi connectivity index (χ0) is 14.7. The first-order valence-corrected chi connectivity index (χ1v) is 8.07. The second-order valence-electron chi connectivity index (χ2n) is 5.49. The highest BCUT2D eigenvalue weighted by atomic mass is 79.9. The topological polar surface area (TPSA) is 46.9 Å². The lowest BCUT2D eigenvalue weighted by Crippen LogP contribution is -2.30. The summed E-state index contributed by atoms with van der Waals surface area (Å²) in [4.78, 5) is 12.5. The first kappa shape index (κ1) is 14.3. The Balaban J connectivity index is 1.77. The predicted octanol–water partition coefficient (Wildman–Crippen LogP) is 3.42. The maximum Gasteiger partial charge on any atom is 0.291 e. The Labute approximate surface area is 132 Å². The van der Waals surface area contributed by atoms with Crippen molar-refractivity contribution in [2.75, 3.05) is 5.32 Å². The minimum atomic E-state index is -0.0489. The van der Waals surface area contributed by atoms with Gasteiger partial charge in [0.15, 0.2) is 0 Å². The number of benzene rings is 1. The highest BCUT2D eigenvalue weighted by Gasteiger charge is 2.20. The Hall–Kier alpha value is -1.62. The number of hydrogen-bond donors (Lipinski definition) is 1. The Morgan fingerprint density at radius 2 is 2.05 bits per heavy atom. The number of halogens is 1. The fourth-order valence-electron chi connectivity index (χ4n) is 2.46. The molecule has 1 heterocycles. The Bertz CT molecular complexity index is 665. The Kier molecular flexibility index (Phi) is 4.39. The van der Waals surface area contributed by atoms with Crippen LogP contribution in [0.2, 0.25) is 0 Å². The molecule has 3 rings (SSSR count). The molecule has 21 heavy (non-hydrogen) atoms. The molecule has 0 saturated heterocycles. The number of nitrogens with one attached hydrogen (secondary N) is 1. The molecule has 1 aliphatic carbocycles. The summed E-state index contributed by atoms with van der Waals surface area (Å²) < 4.78 is 2.30. The van der Waals surface area contributed by atoms with E-state index >= 15 is 0 Å². The van der Waals surface area contributed by atoms with Gasteiger partial charge in [-0.1, -0.05) is 36.8 Å². The molecule has 1 aliphatic rings. The number of nitrogens with zero attached hydrogens (tertiary/aromatic N) is 2. The average Bonchev–Trinajstić information content (AvgIpc) is 2.45. The molecule has 5 heteroatoms. The van der Waals surface area contributed by atoms with Crippen molar-refractivity contribution in [2.45, 2.75) is 32.4 Å². The van der Waals surface area contributed by atoms with Crippen molar-refractivity contribution in [1.29, 1.82) is 0 Å². The van der Waals surface area contributed by atoms with Gasteiger partial charge < -0.3 is 5.32 Å². The molecule has 1 saturated carbocycles. The third-order valence-corrected chi connectivity index (χ3v) is 4.57. The SMILES string of the molecule is O=c1c(NCc2ccccc2)c(Br)cnn1CC1CCC1. The Morgan fingerprint density at radius 1 is 1.29 bits per heavy atom. The van der Waals surface area contributed by atoms with Crippen LogP contribution in [-0.4, -0.2) is 9.78 Å². The lowest BCUT2D eigenvalue weighted by atomic mass is 9.85. The summed E-state index contributed by atoms with van der Waals surface area (Å²) in [6, 6.07) is 10.0. The molecule has 1 N–H and O–H groups in total. The van der Waals surface area contributed by atoms with Gasteiger partial charge in [-0.25, -0.2) is 4.68 Å². The molecular formula is C16H18BrN3O. The van der Waals surface area contributed by atoms with Crippen molar-refractivity contribution in [3.63, 3.8) is 0 Å². The molecule has 1 aromatic heterocycles. The molecule has 0 radical (unpaired) electrons. The Morgan fingerprint density at radius 3 is 2.71 bits per heavy atom. The maximum absolute atomic E-state index is 12.5. The van der Waals surface area contributed by atoms with Crippen LogP contribution in [0.4, 0.5) is 5.69 Å². The largest absolute Gasteiger partial charge is 0.375 e. The zero-order valence-electron chi connectivity index (χ0n) is 11.8. The van der Waals surface area contributed by atoms with Gasteiger partial charge >= 0.3 is 0 Å². The summed E-state index contributed by atoms with van der Waals surface area (Å²) in [5.41, 5.74) is 1.69. The van der Waals surface area contributed by atoms with Crippen molar-refractivity contribution in [2.24, 2.45) is 5.92 Å². The van der Waals surface area contributed by atoms with Gasteiger partial charge in [0.2, 0.25) is 0 Å². The van der Waals surface area contributed by atoms with Crippen LogP contribution in [-0.2, 0) is 13.1 Å². The normalized spacial score (nSPS) is 14.7. The molecule has 0 amide bonds. The lowest BCUT2D eigenvalue weighted by molar-refractivity contribution is 0.262. The second kappa shape index (κ2) is 6.43. The van der Waals surface area contributed by atoms with Gasteiger partial charge in [-0.3, -0.25) is 4.79 Å². The van der Waals surface area contributed by atoms with Crippen LogP contribution in [0.3, 0.4) is 0 Å². The first-order chi connectivity index (χ1) is 10.2. The minimum Gasteiger partial charge on any atom is -0.375 e. The van der Waals surface area contributed by atoms with E-state index in [-0.39, 0.29) is 5.56 Å². The molecule has 4 nitrogen and oxygen atoms in total. The standard InChI is InChI=1S/C16H18BrN3O/c17-14-10-19-20(11-13-7-4-8-13)16(21)15(14)18-9-12-5-2-1-3-6-12/h1-3,5-6,10,13,18H,4,7-9,11H2. The number of aromatic nitrogens is 2. The molecular weight excluding hydrogens is 330 g/mol. The number of anilines is 1. The van der Waals surface area contributed by atoms with Crippen molar-refractivity contribution >= 4 is 21.6 Å². The van der Waals surface area contributed by atoms with E-state index in [1.165, 1.54) is 19.3 Å². The van der Waals surface area contributed by atoms with Crippen molar-refractivity contribution < 1.29 is 0 Å². The average molecular weight is 348 g/mol. The summed E-state index contributed by atoms with van der Waals surface area (Å²) in [5.74, 6) is 0.610. The molecule has 1 fully saturated rings. The molecule has 0 spiro atoms. The molecule has 0 bridgehead atoms. The van der Waals surface area contributed by atoms with Crippen LogP contribution in [0.1, 0.15) is 24.8 Å². The quantitative estimate of drug-likeness (QED) is 0.901. The van der Waals surface area contributed by atoms with E-state index in [2.05, 4.69) is 26.3 Å². The molecule has 2 aromatic rings. The minimum absolute atomic E-state index is 0.0489. The third kappa shape index (κ3) is 3.35. The van der Waals surface area contributed by atoms with E-state index in [4.69, 9.17) is 0 Å². The molecule has 0 atom stereocenters. The van der Waals surface area contributed by atoms with Gasteiger partial charge in [0.05, 0.1) is 10.7 Å². The lowest BCUT2D eigenvalue weighted by Gasteiger charge is -2.25. The van der Waals surface area contributed by atoms with Crippen molar-refractivity contribution in [1.82, 2.24) is 9.78 Å². The van der Waals surface area contributed by atoms with E-state index in [9.17, 15) is 4.79 Å². The van der Waals surface area contributed by atoms with Gasteiger partial charge in [-0.05, 0) is 40.3 Å². The van der Waals surface area contributed by atoms with Crippen molar-refractivity contribution in [3.8, 4) is 0 Å². The van der Waals surface area contributed by atoms with Gasteiger partial charge in [-0.15, -0.1) is 0 Å². The highest BCUT2D eigenvalue weighted by Crippen LogP contribution is 2.27. The highest BCUT2D eigenvalue weighted by molar-refractivity contribution is 9.10. The predicted molar refractivity (Wildman–Crippen MR) is 87.3 cm³/mol. The van der Waals surface area contributed by atoms with Crippen LogP contribution < -0.4 is 10.9 Å². The fraction of sp³-hybridized carbons (Fsp3) is 0.375. The fourth-order valence-corrected chi connectivity index (χ4v) is 2.87. The molecule has 1 aromatic carbocycles. The number of hydrogen-bond acceptors (Lipinski definition) is 3. The maximum atomic E-state index is 12.5. The van der Waals surface area contributed by atoms with Gasteiger partial charge in [0.25, 0.3) is 5.56 Å². The van der Waals surface area contributed by atoms with E-state index in [1.54, 1.807) is 10.9 Å². The monoisotopic (exact) mass is 347 g/mol. The first-order valence-electron chi connectivity index (χ1n) is 7.27. The molecule has 110 valence electrons. The number of rotatable bonds is 5. The van der Waals surface area contributed by atoms with Gasteiger partial charge in [-0.2, -0.15) is 5.10 Å². The van der Waals surface area contributed by atoms with E-state index < -0.39 is 0 Å². The van der Waals surface area contributed by atoms with E-state index in [0.717, 1.165) is 12.1 Å². The summed E-state index contributed by atoms with van der Waals surface area (Å²) in [6.07, 6.45) is 5.39. The van der Waals surface area contributed by atoms with Gasteiger partial charge in [0.1, 0.15) is 5.69 Å². The van der Waals surface area contributed by atoms with E-state index in [1.807, 2.05) is 30.3 Å². The van der Waals surface area contributed by atoms with Crippen molar-refractivity contribution in [3.05, 3.63) is 56.9 Å².